The highest BCUT2D eigenvalue weighted by Gasteiger charge is 2.24. The van der Waals surface area contributed by atoms with E-state index in [-0.39, 0.29) is 0 Å². The molecule has 0 aromatic heterocycles. The van der Waals surface area contributed by atoms with Crippen molar-refractivity contribution >= 4 is 34.9 Å². The highest BCUT2D eigenvalue weighted by atomic mass is 35.5. The highest BCUT2D eigenvalue weighted by Crippen LogP contribution is 2.30. The summed E-state index contributed by atoms with van der Waals surface area (Å²) in [6.45, 7) is 0. The van der Waals surface area contributed by atoms with Crippen LogP contribution in [0.5, 0.6) is 0 Å². The van der Waals surface area contributed by atoms with Crippen molar-refractivity contribution in [1.29, 1.82) is 0 Å². The molecule has 0 heterocycles. The molecule has 0 saturated heterocycles. The molecule has 0 bridgehead atoms. The van der Waals surface area contributed by atoms with E-state index in [1.807, 2.05) is 18.2 Å². The smallest absolute Gasteiger partial charge is 0.333 e. The molecule has 0 spiro atoms. The maximum absolute atomic E-state index is 12.0. The van der Waals surface area contributed by atoms with Crippen molar-refractivity contribution in [3.8, 4) is 0 Å². The fourth-order valence-corrected chi connectivity index (χ4v) is 2.26. The first-order valence-corrected chi connectivity index (χ1v) is 6.72. The van der Waals surface area contributed by atoms with E-state index in [1.54, 1.807) is 30.3 Å². The first kappa shape index (κ1) is 14.7. The van der Waals surface area contributed by atoms with Crippen LogP contribution in [0, 0.1) is 0 Å². The highest BCUT2D eigenvalue weighted by molar-refractivity contribution is 6.33. The monoisotopic (exact) mass is 309 g/mol. The summed E-state index contributed by atoms with van der Waals surface area (Å²) in [7, 11) is 1.33. The summed E-state index contributed by atoms with van der Waals surface area (Å²) >= 11 is 12.2. The van der Waals surface area contributed by atoms with E-state index in [0.29, 0.717) is 21.3 Å². The van der Waals surface area contributed by atoms with Gasteiger partial charge in [-0.2, -0.15) is 0 Å². The van der Waals surface area contributed by atoms with Gasteiger partial charge >= 0.3 is 5.97 Å². The van der Waals surface area contributed by atoms with Crippen molar-refractivity contribution in [2.45, 2.75) is 6.04 Å². The van der Waals surface area contributed by atoms with Crippen molar-refractivity contribution in [2.24, 2.45) is 0 Å². The quantitative estimate of drug-likeness (QED) is 0.855. The van der Waals surface area contributed by atoms with Crippen LogP contribution in [0.15, 0.2) is 48.5 Å². The molecule has 2 aromatic rings. The van der Waals surface area contributed by atoms with Crippen molar-refractivity contribution in [3.05, 3.63) is 64.1 Å². The third kappa shape index (κ3) is 3.24. The zero-order chi connectivity index (χ0) is 14.5. The van der Waals surface area contributed by atoms with E-state index >= 15 is 0 Å². The molecule has 0 fully saturated rings. The lowest BCUT2D eigenvalue weighted by molar-refractivity contribution is -0.141. The van der Waals surface area contributed by atoms with Gasteiger partial charge in [0.2, 0.25) is 0 Å². The average Bonchev–Trinajstić information content (AvgIpc) is 2.47. The predicted molar refractivity (Wildman–Crippen MR) is 81.3 cm³/mol. The van der Waals surface area contributed by atoms with Gasteiger partial charge in [-0.25, -0.2) is 4.79 Å². The van der Waals surface area contributed by atoms with Crippen LogP contribution >= 0.6 is 23.2 Å². The molecule has 0 radical (unpaired) electrons. The zero-order valence-corrected chi connectivity index (χ0v) is 12.3. The van der Waals surface area contributed by atoms with Gasteiger partial charge in [-0.15, -0.1) is 0 Å². The van der Waals surface area contributed by atoms with Gasteiger partial charge in [-0.05, 0) is 18.2 Å². The van der Waals surface area contributed by atoms with Gasteiger partial charge < -0.3 is 10.1 Å². The number of halogens is 2. The molecule has 3 nitrogen and oxygen atoms in total. The summed E-state index contributed by atoms with van der Waals surface area (Å²) in [5.74, 6) is -0.432. The van der Waals surface area contributed by atoms with Gasteiger partial charge in [-0.1, -0.05) is 53.5 Å². The van der Waals surface area contributed by atoms with Crippen LogP contribution in [0.1, 0.15) is 11.6 Å². The SMILES string of the molecule is COC(=O)C(Nc1ccccc1Cl)c1ccccc1Cl. The number of nitrogens with one attached hydrogen (secondary N) is 1. The van der Waals surface area contributed by atoms with Gasteiger partial charge in [-0.3, -0.25) is 0 Å². The largest absolute Gasteiger partial charge is 0.467 e. The number of esters is 1. The molecular weight excluding hydrogens is 297 g/mol. The minimum atomic E-state index is -0.714. The third-order valence-corrected chi connectivity index (χ3v) is 3.50. The lowest BCUT2D eigenvalue weighted by atomic mass is 10.1. The standard InChI is InChI=1S/C15H13Cl2NO2/c1-20-15(19)14(10-6-2-3-7-11(10)16)18-13-9-5-4-8-12(13)17/h2-9,14,18H,1H3. The minimum absolute atomic E-state index is 0.432. The zero-order valence-electron chi connectivity index (χ0n) is 10.8. The number of rotatable bonds is 4. The van der Waals surface area contributed by atoms with Crippen LogP contribution in [0.4, 0.5) is 5.69 Å². The van der Waals surface area contributed by atoms with Gasteiger partial charge in [0, 0.05) is 10.6 Å². The second kappa shape index (κ2) is 6.64. The van der Waals surface area contributed by atoms with E-state index in [1.165, 1.54) is 7.11 Å². The summed E-state index contributed by atoms with van der Waals surface area (Å²) in [4.78, 5) is 12.0. The Balaban J connectivity index is 2.37. The second-order valence-electron chi connectivity index (χ2n) is 4.10. The maximum Gasteiger partial charge on any atom is 0.333 e. The van der Waals surface area contributed by atoms with Crippen molar-refractivity contribution in [3.63, 3.8) is 0 Å². The lowest BCUT2D eigenvalue weighted by Crippen LogP contribution is -2.22. The molecule has 0 aliphatic heterocycles. The molecule has 0 amide bonds. The van der Waals surface area contributed by atoms with E-state index in [4.69, 9.17) is 27.9 Å². The topological polar surface area (TPSA) is 38.3 Å². The number of benzene rings is 2. The Kier molecular flexibility index (Phi) is 4.88. The van der Waals surface area contributed by atoms with Crippen LogP contribution in [0.2, 0.25) is 10.0 Å². The third-order valence-electron chi connectivity index (χ3n) is 2.83. The Hall–Kier alpha value is -1.71. The molecule has 1 N–H and O–H groups in total. The predicted octanol–water partition coefficient (Wildman–Crippen LogP) is 4.32. The summed E-state index contributed by atoms with van der Waals surface area (Å²) in [5, 5.41) is 4.07. The molecule has 0 aliphatic rings. The number of para-hydroxylation sites is 1. The van der Waals surface area contributed by atoms with Crippen LogP contribution < -0.4 is 5.32 Å². The Morgan fingerprint density at radius 3 is 2.25 bits per heavy atom. The molecule has 2 rings (SSSR count). The fraction of sp³-hybridized carbons (Fsp3) is 0.133. The molecule has 104 valence electrons. The van der Waals surface area contributed by atoms with Gasteiger partial charge in [0.15, 0.2) is 6.04 Å². The molecule has 20 heavy (non-hydrogen) atoms. The molecule has 0 saturated carbocycles. The average molecular weight is 310 g/mol. The normalized spacial score (nSPS) is 11.8. The number of anilines is 1. The van der Waals surface area contributed by atoms with Gasteiger partial charge in [0.25, 0.3) is 0 Å². The molecule has 5 heteroatoms. The number of hydrogen-bond acceptors (Lipinski definition) is 3. The fourth-order valence-electron chi connectivity index (χ4n) is 1.82. The molecule has 2 aromatic carbocycles. The summed E-state index contributed by atoms with van der Waals surface area (Å²) in [6, 6.07) is 13.6. The molecule has 1 atom stereocenters. The van der Waals surface area contributed by atoms with Crippen molar-refractivity contribution in [2.75, 3.05) is 12.4 Å². The van der Waals surface area contributed by atoms with Crippen LogP contribution in [-0.2, 0) is 9.53 Å². The Morgan fingerprint density at radius 2 is 1.65 bits per heavy atom. The van der Waals surface area contributed by atoms with Crippen LogP contribution in [0.3, 0.4) is 0 Å². The number of carbonyl (C=O) groups excluding carboxylic acids is 1. The van der Waals surface area contributed by atoms with Crippen molar-refractivity contribution < 1.29 is 9.53 Å². The Labute approximate surface area is 127 Å². The van der Waals surface area contributed by atoms with Gasteiger partial charge in [0.1, 0.15) is 0 Å². The first-order chi connectivity index (χ1) is 9.63. The van der Waals surface area contributed by atoms with E-state index in [9.17, 15) is 4.79 Å². The summed E-state index contributed by atoms with van der Waals surface area (Å²) < 4.78 is 4.83. The van der Waals surface area contributed by atoms with Crippen LogP contribution in [0.25, 0.3) is 0 Å². The molecule has 1 unspecified atom stereocenters. The van der Waals surface area contributed by atoms with Crippen LogP contribution in [-0.4, -0.2) is 13.1 Å². The summed E-state index contributed by atoms with van der Waals surface area (Å²) in [5.41, 5.74) is 1.28. The number of hydrogen-bond donors (Lipinski definition) is 1. The van der Waals surface area contributed by atoms with E-state index < -0.39 is 12.0 Å². The molecule has 0 aliphatic carbocycles. The minimum Gasteiger partial charge on any atom is -0.467 e. The van der Waals surface area contributed by atoms with Gasteiger partial charge in [0.05, 0.1) is 17.8 Å². The second-order valence-corrected chi connectivity index (χ2v) is 4.92. The first-order valence-electron chi connectivity index (χ1n) is 5.97. The van der Waals surface area contributed by atoms with Crippen molar-refractivity contribution in [1.82, 2.24) is 0 Å². The van der Waals surface area contributed by atoms with E-state index in [0.717, 1.165) is 0 Å². The number of methoxy groups -OCH3 is 1. The lowest BCUT2D eigenvalue weighted by Gasteiger charge is -2.19. The maximum atomic E-state index is 12.0. The number of ether oxygens (including phenoxy) is 1. The Bertz CT molecular complexity index is 616. The Morgan fingerprint density at radius 1 is 1.05 bits per heavy atom. The summed E-state index contributed by atoms with van der Waals surface area (Å²) in [6.07, 6.45) is 0. The van der Waals surface area contributed by atoms with E-state index in [2.05, 4.69) is 5.32 Å². The molecular formula is C15H13Cl2NO2. The number of carbonyl (C=O) groups is 1.